The van der Waals surface area contributed by atoms with E-state index in [0.29, 0.717) is 6.54 Å². The zero-order valence-electron chi connectivity index (χ0n) is 13.7. The molecule has 0 bridgehead atoms. The van der Waals surface area contributed by atoms with Crippen molar-refractivity contribution in [3.05, 3.63) is 63.2 Å². The molecular weight excluding hydrogens is 415 g/mol. The van der Waals surface area contributed by atoms with Gasteiger partial charge in [0.25, 0.3) is 5.91 Å². The lowest BCUT2D eigenvalue weighted by atomic mass is 10.1. The summed E-state index contributed by atoms with van der Waals surface area (Å²) in [6.45, 7) is 3.89. The van der Waals surface area contributed by atoms with Gasteiger partial charge in [0.2, 0.25) is 0 Å². The first-order valence-corrected chi connectivity index (χ1v) is 9.14. The fraction of sp³-hybridized carbons (Fsp3) is 0.316. The van der Waals surface area contributed by atoms with E-state index >= 15 is 0 Å². The monoisotopic (exact) mass is 436 g/mol. The molecule has 0 aromatic heterocycles. The number of benzene rings is 2. The summed E-state index contributed by atoms with van der Waals surface area (Å²) in [5.41, 5.74) is 3.09. The summed E-state index contributed by atoms with van der Waals surface area (Å²) < 4.78 is 6.51. The zero-order valence-corrected chi connectivity index (χ0v) is 15.9. The molecule has 0 saturated carbocycles. The second kappa shape index (κ2) is 7.98. The van der Waals surface area contributed by atoms with E-state index in [9.17, 15) is 4.79 Å². The van der Waals surface area contributed by atoms with Gasteiger partial charge in [-0.1, -0.05) is 24.3 Å². The average molecular weight is 436 g/mol. The first-order chi connectivity index (χ1) is 11.6. The lowest BCUT2D eigenvalue weighted by Crippen LogP contribution is -2.37. The third kappa shape index (κ3) is 4.08. The van der Waals surface area contributed by atoms with E-state index < -0.39 is 0 Å². The first kappa shape index (κ1) is 17.2. The van der Waals surface area contributed by atoms with E-state index in [1.165, 1.54) is 11.3 Å². The number of hydrogen-bond donors (Lipinski definition) is 0. The van der Waals surface area contributed by atoms with Gasteiger partial charge in [-0.2, -0.15) is 0 Å². The Kier molecular flexibility index (Phi) is 5.73. The number of hydrogen-bond acceptors (Lipinski definition) is 3. The molecule has 2 aromatic carbocycles. The van der Waals surface area contributed by atoms with E-state index in [2.05, 4.69) is 45.7 Å². The van der Waals surface area contributed by atoms with Crippen LogP contribution in [0.25, 0.3) is 0 Å². The maximum Gasteiger partial charge on any atom is 0.253 e. The Morgan fingerprint density at radius 3 is 2.67 bits per heavy atom. The van der Waals surface area contributed by atoms with Crippen molar-refractivity contribution in [2.45, 2.75) is 6.54 Å². The number of anilines is 1. The minimum Gasteiger partial charge on any atom is -0.378 e. The number of ether oxygens (including phenoxy) is 1. The summed E-state index contributed by atoms with van der Waals surface area (Å²) in [5.74, 6) is 0.0466. The Labute approximate surface area is 156 Å². The molecule has 1 aliphatic rings. The predicted molar refractivity (Wildman–Crippen MR) is 104 cm³/mol. The van der Waals surface area contributed by atoms with Gasteiger partial charge < -0.3 is 14.5 Å². The molecule has 126 valence electrons. The molecule has 4 nitrogen and oxygen atoms in total. The van der Waals surface area contributed by atoms with Crippen LogP contribution in [0.3, 0.4) is 0 Å². The molecule has 1 amide bonds. The van der Waals surface area contributed by atoms with Crippen LogP contribution in [0.4, 0.5) is 5.69 Å². The van der Waals surface area contributed by atoms with Crippen LogP contribution in [0.5, 0.6) is 0 Å². The number of nitrogens with zero attached hydrogens (tertiary/aromatic N) is 2. The van der Waals surface area contributed by atoms with Crippen LogP contribution in [0.2, 0.25) is 0 Å². The van der Waals surface area contributed by atoms with Crippen molar-refractivity contribution in [2.75, 3.05) is 38.3 Å². The van der Waals surface area contributed by atoms with Gasteiger partial charge in [0.1, 0.15) is 0 Å². The highest BCUT2D eigenvalue weighted by molar-refractivity contribution is 14.1. The molecule has 0 spiro atoms. The minimum atomic E-state index is 0.0466. The standard InChI is InChI=1S/C19H21IN2O2/c1-21(19(23)15-6-4-7-17(20)13-15)14-16-5-2-3-8-18(16)22-9-11-24-12-10-22/h2-8,13H,9-12,14H2,1H3. The minimum absolute atomic E-state index is 0.0466. The predicted octanol–water partition coefficient (Wildman–Crippen LogP) is 3.40. The molecule has 5 heteroatoms. The highest BCUT2D eigenvalue weighted by atomic mass is 127. The van der Waals surface area contributed by atoms with E-state index in [1.807, 2.05) is 37.4 Å². The molecule has 0 atom stereocenters. The van der Waals surface area contributed by atoms with Gasteiger partial charge in [-0.15, -0.1) is 0 Å². The number of rotatable bonds is 4. The second-order valence-electron chi connectivity index (χ2n) is 5.90. The molecule has 0 aliphatic carbocycles. The highest BCUT2D eigenvalue weighted by Gasteiger charge is 2.17. The Bertz CT molecular complexity index is 714. The lowest BCUT2D eigenvalue weighted by molar-refractivity contribution is 0.0785. The highest BCUT2D eigenvalue weighted by Crippen LogP contribution is 2.23. The molecular formula is C19H21IN2O2. The van der Waals surface area contributed by atoms with Gasteiger partial charge in [0.15, 0.2) is 0 Å². The maximum absolute atomic E-state index is 12.7. The normalized spacial score (nSPS) is 14.5. The number of carbonyl (C=O) groups excluding carboxylic acids is 1. The summed E-state index contributed by atoms with van der Waals surface area (Å²) in [7, 11) is 1.86. The molecule has 0 unspecified atom stereocenters. The van der Waals surface area contributed by atoms with Gasteiger partial charge in [-0.3, -0.25) is 4.79 Å². The number of amides is 1. The Hall–Kier alpha value is -1.60. The summed E-state index contributed by atoms with van der Waals surface area (Å²) >= 11 is 2.23. The van der Waals surface area contributed by atoms with Gasteiger partial charge in [-0.25, -0.2) is 0 Å². The molecule has 3 rings (SSSR count). The van der Waals surface area contributed by atoms with Crippen molar-refractivity contribution in [2.24, 2.45) is 0 Å². The van der Waals surface area contributed by atoms with Crippen LogP contribution < -0.4 is 4.90 Å². The molecule has 1 saturated heterocycles. The van der Waals surface area contributed by atoms with Crippen molar-refractivity contribution in [3.8, 4) is 0 Å². The average Bonchev–Trinajstić information content (AvgIpc) is 2.62. The SMILES string of the molecule is CN(Cc1ccccc1N1CCOCC1)C(=O)c1cccc(I)c1. The van der Waals surface area contributed by atoms with Crippen molar-refractivity contribution in [3.63, 3.8) is 0 Å². The topological polar surface area (TPSA) is 32.8 Å². The van der Waals surface area contributed by atoms with E-state index in [1.54, 1.807) is 4.90 Å². The van der Waals surface area contributed by atoms with E-state index in [4.69, 9.17) is 4.74 Å². The molecule has 1 aliphatic heterocycles. The number of morpholine rings is 1. The Morgan fingerprint density at radius 2 is 1.92 bits per heavy atom. The smallest absolute Gasteiger partial charge is 0.253 e. The third-order valence-electron chi connectivity index (χ3n) is 4.17. The second-order valence-corrected chi connectivity index (χ2v) is 7.15. The number of carbonyl (C=O) groups is 1. The molecule has 1 heterocycles. The summed E-state index contributed by atoms with van der Waals surface area (Å²) in [5, 5.41) is 0. The first-order valence-electron chi connectivity index (χ1n) is 8.07. The van der Waals surface area contributed by atoms with Gasteiger partial charge in [0, 0.05) is 41.5 Å². The van der Waals surface area contributed by atoms with Gasteiger partial charge >= 0.3 is 0 Å². The Morgan fingerprint density at radius 1 is 1.17 bits per heavy atom. The van der Waals surface area contributed by atoms with Crippen LogP contribution in [-0.2, 0) is 11.3 Å². The van der Waals surface area contributed by atoms with Crippen LogP contribution in [-0.4, -0.2) is 44.2 Å². The lowest BCUT2D eigenvalue weighted by Gasteiger charge is -2.31. The maximum atomic E-state index is 12.7. The van der Waals surface area contributed by atoms with Gasteiger partial charge in [0.05, 0.1) is 13.2 Å². The van der Waals surface area contributed by atoms with E-state index in [-0.39, 0.29) is 5.91 Å². The number of para-hydroxylation sites is 1. The Balaban J connectivity index is 1.76. The van der Waals surface area contributed by atoms with Crippen molar-refractivity contribution in [1.82, 2.24) is 4.90 Å². The van der Waals surface area contributed by atoms with Crippen molar-refractivity contribution in [1.29, 1.82) is 0 Å². The fourth-order valence-corrected chi connectivity index (χ4v) is 3.47. The number of halogens is 1. The molecule has 24 heavy (non-hydrogen) atoms. The summed E-state index contributed by atoms with van der Waals surface area (Å²) in [6, 6.07) is 16.0. The van der Waals surface area contributed by atoms with Crippen LogP contribution in [0, 0.1) is 3.57 Å². The van der Waals surface area contributed by atoms with E-state index in [0.717, 1.165) is 35.4 Å². The quantitative estimate of drug-likeness (QED) is 0.689. The third-order valence-corrected chi connectivity index (χ3v) is 4.84. The summed E-state index contributed by atoms with van der Waals surface area (Å²) in [4.78, 5) is 16.8. The van der Waals surface area contributed by atoms with Gasteiger partial charge in [-0.05, 0) is 52.4 Å². The van der Waals surface area contributed by atoms with Crippen LogP contribution in [0.15, 0.2) is 48.5 Å². The van der Waals surface area contributed by atoms with Crippen LogP contribution in [0.1, 0.15) is 15.9 Å². The molecule has 1 fully saturated rings. The largest absolute Gasteiger partial charge is 0.378 e. The van der Waals surface area contributed by atoms with Crippen LogP contribution >= 0.6 is 22.6 Å². The summed E-state index contributed by atoms with van der Waals surface area (Å²) in [6.07, 6.45) is 0. The molecule has 2 aromatic rings. The molecule has 0 radical (unpaired) electrons. The zero-order chi connectivity index (χ0) is 16.9. The van der Waals surface area contributed by atoms with Crippen molar-refractivity contribution >= 4 is 34.2 Å². The molecule has 0 N–H and O–H groups in total. The van der Waals surface area contributed by atoms with Crippen molar-refractivity contribution < 1.29 is 9.53 Å². The fourth-order valence-electron chi connectivity index (χ4n) is 2.93.